The smallest absolute Gasteiger partial charge is 0.461 e. The van der Waals surface area contributed by atoms with Crippen LogP contribution in [0.25, 0.3) is 0 Å². The van der Waals surface area contributed by atoms with Crippen LogP contribution in [0.2, 0.25) is 254 Å². The molecular weight excluding hydrogens is 1780 g/mol. The lowest BCUT2D eigenvalue weighted by Gasteiger charge is -2.43. The highest BCUT2D eigenvalue weighted by atomic mass is 28.5. The van der Waals surface area contributed by atoms with E-state index >= 15 is 0 Å². The number of hydrogen-bond donors (Lipinski definition) is 0. The summed E-state index contributed by atoms with van der Waals surface area (Å²) < 4.78 is 171. The summed E-state index contributed by atoms with van der Waals surface area (Å²) in [6.07, 6.45) is 2.83. The Morgan fingerprint density at radius 1 is 0.232 bits per heavy atom. The molecule has 0 aromatic rings. The van der Waals surface area contributed by atoms with Gasteiger partial charge in [-0.3, -0.25) is 0 Å². The van der Waals surface area contributed by atoms with Crippen LogP contribution in [0, 0.1) is 0 Å². The molecule has 0 N–H and O–H groups in total. The zero-order chi connectivity index (χ0) is 82.8. The maximum Gasteiger partial charge on any atom is 0.500 e. The van der Waals surface area contributed by atoms with Crippen LogP contribution >= 0.6 is 0 Å². The second-order valence-corrected chi connectivity index (χ2v) is 111. The molecule has 0 amide bonds. The van der Waals surface area contributed by atoms with Crippen LogP contribution in [0.15, 0.2) is 0 Å². The average molecular weight is 1980 g/mol. The highest BCUT2D eigenvalue weighted by molar-refractivity contribution is 6.96. The number of unbranched alkanes of at least 4 members (excludes halogenated alkanes) is 1. The van der Waals surface area contributed by atoms with Gasteiger partial charge in [-0.05, 0) is 219 Å². The van der Waals surface area contributed by atoms with Gasteiger partial charge < -0.3 is 108 Å². The molecule has 0 heterocycles. The second-order valence-electron chi connectivity index (χ2n) is 34.2. The number of rotatable bonds is 55. The fraction of sp³-hybridized carbons (Fsp3) is 1.00. The first-order chi connectivity index (χ1) is 46.8. The molecule has 0 aromatic carbocycles. The van der Waals surface area contributed by atoms with Crippen molar-refractivity contribution in [2.75, 3.05) is 85.3 Å². The summed E-state index contributed by atoms with van der Waals surface area (Å²) in [5, 5.41) is 0. The Bertz CT molecular complexity index is 2280. The second kappa shape index (κ2) is 62.2. The van der Waals surface area contributed by atoms with Gasteiger partial charge in [-0.15, -0.1) is 0 Å². The van der Waals surface area contributed by atoms with Crippen LogP contribution in [-0.2, 0) is 108 Å². The largest absolute Gasteiger partial charge is 0.500 e. The first-order valence-electron chi connectivity index (χ1n) is 37.0. The lowest BCUT2D eigenvalue weighted by atomic mass is 10.4. The quantitative estimate of drug-likeness (QED) is 0.0405. The van der Waals surface area contributed by atoms with Crippen molar-refractivity contribution in [2.45, 2.75) is 353 Å². The van der Waals surface area contributed by atoms with Gasteiger partial charge in [-0.2, -0.15) is 0 Å². The fourth-order valence-corrected chi connectivity index (χ4v) is 88.4. The van der Waals surface area contributed by atoms with Crippen molar-refractivity contribution in [3.05, 3.63) is 0 Å². The first-order valence-corrected chi connectivity index (χ1v) is 90.9. The van der Waals surface area contributed by atoms with Crippen LogP contribution in [0.3, 0.4) is 0 Å². The van der Waals surface area contributed by atoms with Gasteiger partial charge in [0.25, 0.3) is 26.0 Å². The molecule has 46 heteroatoms. The minimum absolute atomic E-state index is 0. The van der Waals surface area contributed by atoms with Gasteiger partial charge in [0.15, 0.2) is 83.2 Å². The van der Waals surface area contributed by atoms with E-state index in [0.29, 0.717) is 41.2 Å². The highest BCUT2D eigenvalue weighted by Gasteiger charge is 2.57. The molecule has 0 aliphatic carbocycles. The minimum atomic E-state index is -3.10. The Balaban J connectivity index is -0.000000119. The van der Waals surface area contributed by atoms with Gasteiger partial charge in [0, 0.05) is 109 Å². The van der Waals surface area contributed by atoms with Gasteiger partial charge in [0.05, 0.1) is 17.0 Å². The van der Waals surface area contributed by atoms with Gasteiger partial charge in [-0.25, -0.2) is 0 Å². The van der Waals surface area contributed by atoms with Crippen molar-refractivity contribution >= 4 is 181 Å². The molecule has 25 nitrogen and oxygen atoms in total. The molecular formula is C66H192O25Si21. The fourth-order valence-electron chi connectivity index (χ4n) is 11.0. The third-order valence-electron chi connectivity index (χ3n) is 15.2. The lowest BCUT2D eigenvalue weighted by molar-refractivity contribution is 0.122. The normalized spacial score (nSPS) is 13.2. The minimum Gasteiger partial charge on any atom is -0.461 e. The Morgan fingerprint density at radius 2 is 0.420 bits per heavy atom. The Kier molecular flexibility index (Phi) is 78.3. The molecule has 0 aromatic heterocycles. The van der Waals surface area contributed by atoms with Crippen molar-refractivity contribution in [2.24, 2.45) is 0 Å². The molecule has 0 radical (unpaired) electrons. The number of hydrogen-bond acceptors (Lipinski definition) is 25. The van der Waals surface area contributed by atoms with E-state index < -0.39 is 171 Å². The Labute approximate surface area is 721 Å². The van der Waals surface area contributed by atoms with Crippen LogP contribution in [0.1, 0.15) is 99.4 Å². The molecule has 0 atom stereocenters. The standard InChI is InChI=1S/C18H48O7Si6.C17H46O7Si6.C16H44O7Si6.C7H22O4Si3.8CH4/c1-13-26(19)18-31(23-27(5,6)7,24-28(8,9)10)25-29(11,12)16-14-15-17-30(20-2,21-3)22-4;1-13-25(18)17-30(22-26(5,6)7,23-27(8,9)10)24-28(11,12)15-14-16-29(19-2,20-3)21-4;1-13-24(17)16-29(21-25(5,6)7,22-26(8,9)10)23-27(11,12)14-15-28(18-2,19-3)20-4;1-8-14(9-2,10-3)7-13(5,6)11-12-4;;;;;;;;/h13-18H2,1-12H3;13-17H2,1-12H3;13-16H2,1-12H3;7,12H2,1-6H3;8*1H4. The summed E-state index contributed by atoms with van der Waals surface area (Å²) in [6.45, 7) is 64.3. The van der Waals surface area contributed by atoms with E-state index in [1.165, 1.54) is 0 Å². The molecule has 0 saturated heterocycles. The third-order valence-corrected chi connectivity index (χ3v) is 84.8. The molecule has 112 heavy (non-hydrogen) atoms. The summed E-state index contributed by atoms with van der Waals surface area (Å²) in [5.74, 6) is 0. The molecule has 0 saturated carbocycles. The highest BCUT2D eigenvalue weighted by Crippen LogP contribution is 2.37. The zero-order valence-corrected chi connectivity index (χ0v) is 95.6. The van der Waals surface area contributed by atoms with E-state index in [0.717, 1.165) is 55.2 Å². The van der Waals surface area contributed by atoms with Crippen molar-refractivity contribution in [3.63, 3.8) is 0 Å². The van der Waals surface area contributed by atoms with Gasteiger partial charge in [0.1, 0.15) is 9.76 Å². The van der Waals surface area contributed by atoms with Crippen LogP contribution < -0.4 is 0 Å². The SMILES string of the molecule is C.C.C.C.C.C.C.C.CC[Si](=O)C[Si](O[Si](C)(C)C)(O[Si](C)(C)C)O[Si](C)(C)CCCC[Si](OC)(OC)OC.CC[Si](=O)C[Si](O[Si](C)(C)C)(O[Si](C)(C)C)O[Si](C)(C)CCC[Si](OC)(OC)OC.CC[Si](=O)C[Si](O[Si](C)(C)C)(O[Si](C)(C)C)O[Si](C)(C)CC[Si](OC)(OC)OC.CO[Si](C[Si](C)(C)O[SiH2]C)(OC)OC. The molecule has 690 valence electrons. The molecule has 0 aliphatic rings. The average Bonchev–Trinajstić information content (AvgIpc) is 0.807. The molecule has 0 bridgehead atoms. The molecule has 0 fully saturated rings. The van der Waals surface area contributed by atoms with Crippen molar-refractivity contribution < 1.29 is 108 Å². The molecule has 0 unspecified atom stereocenters. The summed E-state index contributed by atoms with van der Waals surface area (Å²) in [7, 11) is -25.6. The van der Waals surface area contributed by atoms with E-state index in [9.17, 15) is 13.4 Å². The lowest BCUT2D eigenvalue weighted by Crippen LogP contribution is -2.62. The monoisotopic (exact) mass is 1970 g/mol. The Morgan fingerprint density at radius 3 is 0.616 bits per heavy atom. The van der Waals surface area contributed by atoms with E-state index in [-0.39, 0.29) is 69.2 Å². The van der Waals surface area contributed by atoms with Crippen molar-refractivity contribution in [1.82, 2.24) is 0 Å². The molecule has 0 aliphatic heterocycles. The van der Waals surface area contributed by atoms with Crippen molar-refractivity contribution in [3.8, 4) is 0 Å². The van der Waals surface area contributed by atoms with Crippen LogP contribution in [0.4, 0.5) is 0 Å². The van der Waals surface area contributed by atoms with Gasteiger partial charge in [-0.1, -0.05) is 93.2 Å². The van der Waals surface area contributed by atoms with E-state index in [2.05, 4.69) is 177 Å². The van der Waals surface area contributed by atoms with Crippen LogP contribution in [0.5, 0.6) is 0 Å². The van der Waals surface area contributed by atoms with E-state index in [1.54, 1.807) is 85.3 Å². The predicted molar refractivity (Wildman–Crippen MR) is 526 cm³/mol. The van der Waals surface area contributed by atoms with E-state index in [4.69, 9.17) is 94.3 Å². The van der Waals surface area contributed by atoms with E-state index in [1.807, 2.05) is 20.8 Å². The predicted octanol–water partition coefficient (Wildman–Crippen LogP) is 21.1. The van der Waals surface area contributed by atoms with Crippen molar-refractivity contribution in [1.29, 1.82) is 0 Å². The molecule has 0 spiro atoms. The summed E-state index contributed by atoms with van der Waals surface area (Å²) >= 11 is 0. The third kappa shape index (κ3) is 64.8. The van der Waals surface area contributed by atoms with Crippen LogP contribution in [-0.4, -0.2) is 266 Å². The first kappa shape index (κ1) is 141. The summed E-state index contributed by atoms with van der Waals surface area (Å²) in [5.41, 5.74) is 2.17. The van der Waals surface area contributed by atoms with Gasteiger partial charge >= 0.3 is 61.6 Å². The Hall–Kier alpha value is 3.07. The maximum absolute atomic E-state index is 12.7. The molecule has 0 rings (SSSR count). The van der Waals surface area contributed by atoms with Gasteiger partial charge in [0.2, 0.25) is 0 Å². The summed E-state index contributed by atoms with van der Waals surface area (Å²) in [6, 6.07) is 6.81. The summed E-state index contributed by atoms with van der Waals surface area (Å²) in [4.78, 5) is 0. The topological polar surface area (TPSA) is 254 Å². The maximum atomic E-state index is 12.7. The zero-order valence-electron chi connectivity index (χ0n) is 74.2.